The van der Waals surface area contributed by atoms with E-state index in [9.17, 15) is 0 Å². The Bertz CT molecular complexity index is 393. The first-order valence-corrected chi connectivity index (χ1v) is 5.29. The molecule has 0 fully saturated rings. The van der Waals surface area contributed by atoms with E-state index >= 15 is 0 Å². The zero-order chi connectivity index (χ0) is 9.97. The molecule has 0 spiro atoms. The van der Waals surface area contributed by atoms with Gasteiger partial charge >= 0.3 is 0 Å². The molecule has 0 amide bonds. The fourth-order valence-corrected chi connectivity index (χ4v) is 2.10. The molecule has 0 aliphatic heterocycles. The molecule has 0 aliphatic rings. The van der Waals surface area contributed by atoms with Crippen LogP contribution in [0.2, 0.25) is 0 Å². The standard InChI is InChI=1S/C9H12N4S/c1-6-5-14-9(13-6)2-8(10)7-3-11-12-4-7/h3-5,8H,2,10H2,1H3,(H,11,12). The van der Waals surface area contributed by atoms with E-state index in [1.54, 1.807) is 17.5 Å². The zero-order valence-corrected chi connectivity index (χ0v) is 8.71. The van der Waals surface area contributed by atoms with Gasteiger partial charge in [0.1, 0.15) is 0 Å². The Hall–Kier alpha value is -1.20. The highest BCUT2D eigenvalue weighted by atomic mass is 32.1. The minimum atomic E-state index is -0.0145. The van der Waals surface area contributed by atoms with Crippen molar-refractivity contribution >= 4 is 11.3 Å². The van der Waals surface area contributed by atoms with Gasteiger partial charge in [0, 0.05) is 35.3 Å². The number of hydrogen-bond acceptors (Lipinski definition) is 4. The molecular formula is C9H12N4S. The van der Waals surface area contributed by atoms with Crippen molar-refractivity contribution < 1.29 is 0 Å². The molecule has 0 saturated heterocycles. The Labute approximate surface area is 86.2 Å². The number of aryl methyl sites for hydroxylation is 1. The van der Waals surface area contributed by atoms with Crippen molar-refractivity contribution in [2.75, 3.05) is 0 Å². The van der Waals surface area contributed by atoms with Crippen molar-refractivity contribution in [3.05, 3.63) is 34.0 Å². The van der Waals surface area contributed by atoms with E-state index in [1.165, 1.54) is 0 Å². The number of nitrogens with one attached hydrogen (secondary N) is 1. The molecule has 0 radical (unpaired) electrons. The van der Waals surface area contributed by atoms with E-state index in [0.29, 0.717) is 0 Å². The molecule has 2 heterocycles. The minimum Gasteiger partial charge on any atom is -0.324 e. The summed E-state index contributed by atoms with van der Waals surface area (Å²) in [5.41, 5.74) is 8.07. The van der Waals surface area contributed by atoms with Crippen LogP contribution in [0.5, 0.6) is 0 Å². The molecule has 0 aromatic carbocycles. The topological polar surface area (TPSA) is 67.6 Å². The van der Waals surface area contributed by atoms with Gasteiger partial charge in [0.2, 0.25) is 0 Å². The smallest absolute Gasteiger partial charge is 0.0947 e. The predicted octanol–water partition coefficient (Wildman–Crippen LogP) is 1.42. The summed E-state index contributed by atoms with van der Waals surface area (Å²) >= 11 is 1.65. The van der Waals surface area contributed by atoms with Crippen LogP contribution in [0.4, 0.5) is 0 Å². The summed E-state index contributed by atoms with van der Waals surface area (Å²) in [6, 6.07) is -0.0145. The van der Waals surface area contributed by atoms with Gasteiger partial charge in [0.25, 0.3) is 0 Å². The van der Waals surface area contributed by atoms with Crippen LogP contribution in [-0.2, 0) is 6.42 Å². The largest absolute Gasteiger partial charge is 0.324 e. The monoisotopic (exact) mass is 208 g/mol. The molecular weight excluding hydrogens is 196 g/mol. The third kappa shape index (κ3) is 2.00. The predicted molar refractivity (Wildman–Crippen MR) is 56.1 cm³/mol. The summed E-state index contributed by atoms with van der Waals surface area (Å²) < 4.78 is 0. The van der Waals surface area contributed by atoms with Gasteiger partial charge in [-0.25, -0.2) is 4.98 Å². The third-order valence-electron chi connectivity index (χ3n) is 2.01. The molecule has 3 N–H and O–H groups in total. The number of thiazole rings is 1. The van der Waals surface area contributed by atoms with Crippen LogP contribution >= 0.6 is 11.3 Å². The number of hydrogen-bond donors (Lipinski definition) is 2. The van der Waals surface area contributed by atoms with Crippen LogP contribution in [0.1, 0.15) is 22.3 Å². The second kappa shape index (κ2) is 3.89. The van der Waals surface area contributed by atoms with Gasteiger partial charge in [0.05, 0.1) is 11.2 Å². The molecule has 4 nitrogen and oxygen atoms in total. The summed E-state index contributed by atoms with van der Waals surface area (Å²) in [6.07, 6.45) is 4.36. The van der Waals surface area contributed by atoms with Crippen LogP contribution in [0, 0.1) is 6.92 Å². The normalized spacial score (nSPS) is 13.0. The summed E-state index contributed by atoms with van der Waals surface area (Å²) in [6.45, 7) is 1.99. The highest BCUT2D eigenvalue weighted by Crippen LogP contribution is 2.17. The maximum absolute atomic E-state index is 5.99. The number of nitrogens with two attached hydrogens (primary N) is 1. The van der Waals surface area contributed by atoms with Gasteiger partial charge in [-0.15, -0.1) is 11.3 Å². The molecule has 14 heavy (non-hydrogen) atoms. The first kappa shape index (κ1) is 9.36. The molecule has 2 aromatic rings. The van der Waals surface area contributed by atoms with Crippen molar-refractivity contribution in [2.45, 2.75) is 19.4 Å². The molecule has 2 aromatic heterocycles. The van der Waals surface area contributed by atoms with Crippen LogP contribution in [0.25, 0.3) is 0 Å². The zero-order valence-electron chi connectivity index (χ0n) is 7.90. The van der Waals surface area contributed by atoms with E-state index in [-0.39, 0.29) is 6.04 Å². The second-order valence-electron chi connectivity index (χ2n) is 3.22. The molecule has 5 heteroatoms. The van der Waals surface area contributed by atoms with E-state index < -0.39 is 0 Å². The number of H-pyrrole nitrogens is 1. The molecule has 0 bridgehead atoms. The van der Waals surface area contributed by atoms with Crippen LogP contribution < -0.4 is 5.73 Å². The molecule has 0 saturated carbocycles. The Morgan fingerprint density at radius 3 is 3.07 bits per heavy atom. The fourth-order valence-electron chi connectivity index (χ4n) is 1.27. The highest BCUT2D eigenvalue weighted by molar-refractivity contribution is 7.09. The quantitative estimate of drug-likeness (QED) is 0.801. The summed E-state index contributed by atoms with van der Waals surface area (Å²) in [7, 11) is 0. The molecule has 74 valence electrons. The lowest BCUT2D eigenvalue weighted by Gasteiger charge is -2.05. The van der Waals surface area contributed by atoms with Crippen molar-refractivity contribution in [1.82, 2.24) is 15.2 Å². The number of aromatic amines is 1. The lowest BCUT2D eigenvalue weighted by Crippen LogP contribution is -2.12. The van der Waals surface area contributed by atoms with E-state index in [4.69, 9.17) is 5.73 Å². The Kier molecular flexibility index (Phi) is 2.60. The lowest BCUT2D eigenvalue weighted by atomic mass is 10.1. The molecule has 2 rings (SSSR count). The highest BCUT2D eigenvalue weighted by Gasteiger charge is 2.09. The van der Waals surface area contributed by atoms with Crippen LogP contribution in [0.3, 0.4) is 0 Å². The first-order chi connectivity index (χ1) is 6.75. The minimum absolute atomic E-state index is 0.0145. The fraction of sp³-hybridized carbons (Fsp3) is 0.333. The van der Waals surface area contributed by atoms with Crippen molar-refractivity contribution in [2.24, 2.45) is 5.73 Å². The number of nitrogens with zero attached hydrogens (tertiary/aromatic N) is 2. The SMILES string of the molecule is Cc1csc(CC(N)c2cn[nH]c2)n1. The number of aromatic nitrogens is 3. The van der Waals surface area contributed by atoms with Crippen LogP contribution in [-0.4, -0.2) is 15.2 Å². The second-order valence-corrected chi connectivity index (χ2v) is 4.17. The summed E-state index contributed by atoms with van der Waals surface area (Å²) in [5, 5.41) is 9.74. The van der Waals surface area contributed by atoms with Crippen molar-refractivity contribution in [1.29, 1.82) is 0 Å². The average Bonchev–Trinajstić information content (AvgIpc) is 2.75. The van der Waals surface area contributed by atoms with Gasteiger partial charge < -0.3 is 5.73 Å². The Morgan fingerprint density at radius 2 is 2.50 bits per heavy atom. The van der Waals surface area contributed by atoms with Gasteiger partial charge in [-0.2, -0.15) is 5.10 Å². The molecule has 1 atom stereocenters. The van der Waals surface area contributed by atoms with Gasteiger partial charge in [-0.1, -0.05) is 0 Å². The van der Waals surface area contributed by atoms with Crippen LogP contribution in [0.15, 0.2) is 17.8 Å². The third-order valence-corrected chi connectivity index (χ3v) is 3.00. The Balaban J connectivity index is 2.05. The maximum Gasteiger partial charge on any atom is 0.0947 e. The average molecular weight is 208 g/mol. The van der Waals surface area contributed by atoms with Gasteiger partial charge in [-0.05, 0) is 6.92 Å². The lowest BCUT2D eigenvalue weighted by molar-refractivity contribution is 0.717. The van der Waals surface area contributed by atoms with Crippen molar-refractivity contribution in [3.8, 4) is 0 Å². The van der Waals surface area contributed by atoms with E-state index in [0.717, 1.165) is 22.7 Å². The Morgan fingerprint density at radius 1 is 1.64 bits per heavy atom. The van der Waals surface area contributed by atoms with Crippen molar-refractivity contribution in [3.63, 3.8) is 0 Å². The number of rotatable bonds is 3. The first-order valence-electron chi connectivity index (χ1n) is 4.41. The summed E-state index contributed by atoms with van der Waals surface area (Å²) in [4.78, 5) is 4.37. The maximum atomic E-state index is 5.99. The molecule has 1 unspecified atom stereocenters. The van der Waals surface area contributed by atoms with E-state index in [2.05, 4.69) is 15.2 Å². The summed E-state index contributed by atoms with van der Waals surface area (Å²) in [5.74, 6) is 0. The van der Waals surface area contributed by atoms with Gasteiger partial charge in [-0.3, -0.25) is 5.10 Å². The van der Waals surface area contributed by atoms with Gasteiger partial charge in [0.15, 0.2) is 0 Å². The van der Waals surface area contributed by atoms with E-state index in [1.807, 2.05) is 18.5 Å². The molecule has 0 aliphatic carbocycles.